The van der Waals surface area contributed by atoms with E-state index < -0.39 is 0 Å². The first-order valence-electron chi connectivity index (χ1n) is 5.77. The summed E-state index contributed by atoms with van der Waals surface area (Å²) >= 11 is 0. The van der Waals surface area contributed by atoms with Crippen molar-refractivity contribution in [1.82, 2.24) is 4.98 Å². The van der Waals surface area contributed by atoms with Crippen LogP contribution in [0.2, 0.25) is 0 Å². The largest absolute Gasteiger partial charge is 0.484 e. The molecular weight excluding hydrogens is 230 g/mol. The lowest BCUT2D eigenvalue weighted by Gasteiger charge is -2.03. The molecule has 0 amide bonds. The van der Waals surface area contributed by atoms with Crippen molar-refractivity contribution in [1.29, 1.82) is 0 Å². The standard InChI is InChI=1S/C14H15NO3/c1-10-4-3-5-12(8-10)17-9-14-15-13(6-7-16)11(2)18-14/h3-5,7-8H,6,9H2,1-2H3. The van der Waals surface area contributed by atoms with Crippen LogP contribution in [0.4, 0.5) is 0 Å². The molecule has 0 fully saturated rings. The molecule has 0 spiro atoms. The first-order chi connectivity index (χ1) is 8.69. The van der Waals surface area contributed by atoms with Gasteiger partial charge in [-0.3, -0.25) is 0 Å². The summed E-state index contributed by atoms with van der Waals surface area (Å²) in [4.78, 5) is 14.7. The van der Waals surface area contributed by atoms with Gasteiger partial charge in [-0.15, -0.1) is 0 Å². The number of nitrogens with zero attached hydrogens (tertiary/aromatic N) is 1. The Bertz CT molecular complexity index is 546. The number of aldehydes is 1. The molecule has 18 heavy (non-hydrogen) atoms. The first kappa shape index (κ1) is 12.4. The predicted octanol–water partition coefficient (Wildman–Crippen LogP) is 2.61. The van der Waals surface area contributed by atoms with Gasteiger partial charge in [0, 0.05) is 6.42 Å². The van der Waals surface area contributed by atoms with Crippen LogP contribution in [0.3, 0.4) is 0 Å². The maximum absolute atomic E-state index is 10.4. The Morgan fingerprint density at radius 3 is 2.94 bits per heavy atom. The van der Waals surface area contributed by atoms with Crippen molar-refractivity contribution < 1.29 is 13.9 Å². The lowest BCUT2D eigenvalue weighted by atomic mass is 10.2. The molecule has 4 nitrogen and oxygen atoms in total. The number of hydrogen-bond donors (Lipinski definition) is 0. The number of ether oxygens (including phenoxy) is 1. The second-order valence-electron chi connectivity index (χ2n) is 4.09. The highest BCUT2D eigenvalue weighted by atomic mass is 16.5. The molecule has 0 aliphatic carbocycles. The second-order valence-corrected chi connectivity index (χ2v) is 4.09. The Morgan fingerprint density at radius 1 is 1.39 bits per heavy atom. The summed E-state index contributed by atoms with van der Waals surface area (Å²) in [6.45, 7) is 4.06. The van der Waals surface area contributed by atoms with Crippen molar-refractivity contribution in [2.24, 2.45) is 0 Å². The summed E-state index contributed by atoms with van der Waals surface area (Å²) in [6, 6.07) is 7.77. The predicted molar refractivity (Wildman–Crippen MR) is 66.5 cm³/mol. The lowest BCUT2D eigenvalue weighted by molar-refractivity contribution is -0.107. The van der Waals surface area contributed by atoms with Crippen LogP contribution in [0.5, 0.6) is 5.75 Å². The minimum atomic E-state index is 0.267. The zero-order valence-electron chi connectivity index (χ0n) is 10.5. The van der Waals surface area contributed by atoms with Gasteiger partial charge in [0.25, 0.3) is 0 Å². The van der Waals surface area contributed by atoms with E-state index in [9.17, 15) is 4.79 Å². The highest BCUT2D eigenvalue weighted by Crippen LogP contribution is 2.16. The Hall–Kier alpha value is -2.10. The first-order valence-corrected chi connectivity index (χ1v) is 5.77. The highest BCUT2D eigenvalue weighted by molar-refractivity contribution is 5.54. The molecule has 0 saturated heterocycles. The van der Waals surface area contributed by atoms with E-state index in [0.29, 0.717) is 17.3 Å². The van der Waals surface area contributed by atoms with Gasteiger partial charge in [0.05, 0.1) is 5.69 Å². The van der Waals surface area contributed by atoms with Gasteiger partial charge in [-0.1, -0.05) is 12.1 Å². The van der Waals surface area contributed by atoms with Gasteiger partial charge in [0.15, 0.2) is 6.61 Å². The van der Waals surface area contributed by atoms with Crippen molar-refractivity contribution in [3.8, 4) is 5.75 Å². The summed E-state index contributed by atoms with van der Waals surface area (Å²) in [7, 11) is 0. The SMILES string of the molecule is Cc1cccc(OCc2nc(CC=O)c(C)o2)c1. The number of aromatic nitrogens is 1. The average Bonchev–Trinajstić information content (AvgIpc) is 2.69. The minimum absolute atomic E-state index is 0.267. The molecule has 1 aromatic carbocycles. The Morgan fingerprint density at radius 2 is 2.22 bits per heavy atom. The zero-order valence-corrected chi connectivity index (χ0v) is 10.5. The number of rotatable bonds is 5. The third kappa shape index (κ3) is 2.97. The lowest BCUT2D eigenvalue weighted by Crippen LogP contribution is -1.96. The molecule has 0 N–H and O–H groups in total. The van der Waals surface area contributed by atoms with Gasteiger partial charge >= 0.3 is 0 Å². The van der Waals surface area contributed by atoms with Crippen LogP contribution in [0.25, 0.3) is 0 Å². The molecule has 2 aromatic rings. The molecule has 2 rings (SSSR count). The van der Waals surface area contributed by atoms with E-state index in [1.807, 2.05) is 31.2 Å². The van der Waals surface area contributed by atoms with Gasteiger partial charge in [-0.2, -0.15) is 0 Å². The van der Waals surface area contributed by atoms with E-state index >= 15 is 0 Å². The second kappa shape index (κ2) is 5.49. The molecule has 94 valence electrons. The number of hydrogen-bond acceptors (Lipinski definition) is 4. The summed E-state index contributed by atoms with van der Waals surface area (Å²) < 4.78 is 11.0. The molecule has 0 radical (unpaired) electrons. The molecular formula is C14H15NO3. The van der Waals surface area contributed by atoms with E-state index in [0.717, 1.165) is 17.6 Å². The fraction of sp³-hybridized carbons (Fsp3) is 0.286. The number of oxazole rings is 1. The van der Waals surface area contributed by atoms with E-state index in [1.165, 1.54) is 0 Å². The van der Waals surface area contributed by atoms with E-state index in [4.69, 9.17) is 9.15 Å². The maximum Gasteiger partial charge on any atom is 0.232 e. The minimum Gasteiger partial charge on any atom is -0.484 e. The average molecular weight is 245 g/mol. The van der Waals surface area contributed by atoms with Crippen LogP contribution in [0.1, 0.15) is 22.9 Å². The molecule has 1 heterocycles. The van der Waals surface area contributed by atoms with Crippen molar-refractivity contribution in [3.63, 3.8) is 0 Å². The quantitative estimate of drug-likeness (QED) is 0.760. The molecule has 4 heteroatoms. The Labute approximate surface area is 106 Å². The van der Waals surface area contributed by atoms with Crippen LogP contribution in [-0.2, 0) is 17.8 Å². The Balaban J connectivity index is 2.02. The van der Waals surface area contributed by atoms with Crippen LogP contribution < -0.4 is 4.74 Å². The summed E-state index contributed by atoms with van der Waals surface area (Å²) in [6.07, 6.45) is 1.09. The van der Waals surface area contributed by atoms with Gasteiger partial charge in [0.1, 0.15) is 17.8 Å². The third-order valence-corrected chi connectivity index (χ3v) is 2.57. The van der Waals surface area contributed by atoms with Crippen LogP contribution in [-0.4, -0.2) is 11.3 Å². The normalized spacial score (nSPS) is 10.3. The van der Waals surface area contributed by atoms with E-state index in [-0.39, 0.29) is 13.0 Å². The van der Waals surface area contributed by atoms with Gasteiger partial charge in [-0.25, -0.2) is 4.98 Å². The third-order valence-electron chi connectivity index (χ3n) is 2.57. The van der Waals surface area contributed by atoms with Crippen LogP contribution >= 0.6 is 0 Å². The summed E-state index contributed by atoms with van der Waals surface area (Å²) in [5, 5.41) is 0. The van der Waals surface area contributed by atoms with Crippen LogP contribution in [0, 0.1) is 13.8 Å². The summed E-state index contributed by atoms with van der Waals surface area (Å²) in [5.74, 6) is 1.94. The van der Waals surface area contributed by atoms with Gasteiger partial charge < -0.3 is 13.9 Å². The molecule has 0 aliphatic rings. The van der Waals surface area contributed by atoms with E-state index in [1.54, 1.807) is 6.92 Å². The van der Waals surface area contributed by atoms with Crippen LogP contribution in [0.15, 0.2) is 28.7 Å². The fourth-order valence-electron chi connectivity index (χ4n) is 1.67. The van der Waals surface area contributed by atoms with Crippen molar-refractivity contribution >= 4 is 6.29 Å². The van der Waals surface area contributed by atoms with E-state index in [2.05, 4.69) is 4.98 Å². The molecule has 0 aliphatic heterocycles. The highest BCUT2D eigenvalue weighted by Gasteiger charge is 2.09. The molecule has 0 unspecified atom stereocenters. The number of benzene rings is 1. The molecule has 0 saturated carbocycles. The molecule has 0 atom stereocenters. The zero-order chi connectivity index (χ0) is 13.0. The Kier molecular flexibility index (Phi) is 3.77. The maximum atomic E-state index is 10.4. The van der Waals surface area contributed by atoms with Gasteiger partial charge in [-0.05, 0) is 31.5 Å². The van der Waals surface area contributed by atoms with Crippen molar-refractivity contribution in [2.75, 3.05) is 0 Å². The van der Waals surface area contributed by atoms with Gasteiger partial charge in [0.2, 0.25) is 5.89 Å². The molecule has 0 bridgehead atoms. The monoisotopic (exact) mass is 245 g/mol. The smallest absolute Gasteiger partial charge is 0.232 e. The summed E-state index contributed by atoms with van der Waals surface area (Å²) in [5.41, 5.74) is 1.81. The number of carbonyl (C=O) groups excluding carboxylic acids is 1. The number of aryl methyl sites for hydroxylation is 2. The topological polar surface area (TPSA) is 52.3 Å². The number of carbonyl (C=O) groups is 1. The molecule has 1 aromatic heterocycles. The van der Waals surface area contributed by atoms with Crippen molar-refractivity contribution in [2.45, 2.75) is 26.9 Å². The fourth-order valence-corrected chi connectivity index (χ4v) is 1.67. The van der Waals surface area contributed by atoms with Crippen molar-refractivity contribution in [3.05, 3.63) is 47.2 Å².